The Morgan fingerprint density at radius 1 is 1.33 bits per heavy atom. The van der Waals surface area contributed by atoms with Crippen LogP contribution in [0.25, 0.3) is 10.9 Å². The van der Waals surface area contributed by atoms with Crippen molar-refractivity contribution in [2.75, 3.05) is 7.11 Å². The van der Waals surface area contributed by atoms with Gasteiger partial charge < -0.3 is 14.4 Å². The molecule has 5 nitrogen and oxygen atoms in total. The van der Waals surface area contributed by atoms with Crippen LogP contribution in [-0.2, 0) is 11.3 Å². The maximum Gasteiger partial charge on any atom is 0.336 e. The van der Waals surface area contributed by atoms with E-state index in [1.165, 1.54) is 6.07 Å². The van der Waals surface area contributed by atoms with Crippen LogP contribution in [0.15, 0.2) is 35.1 Å². The first kappa shape index (κ1) is 15.3. The van der Waals surface area contributed by atoms with Crippen LogP contribution in [0.5, 0.6) is 0 Å². The molecule has 0 unspecified atom stereocenters. The molecule has 0 aliphatic heterocycles. The fraction of sp³-hybridized carbons (Fsp3) is 0.375. The molecule has 0 amide bonds. The van der Waals surface area contributed by atoms with Crippen molar-refractivity contribution in [3.8, 4) is 0 Å². The molecule has 0 aliphatic rings. The minimum absolute atomic E-state index is 0.0397. The van der Waals surface area contributed by atoms with E-state index in [4.69, 9.17) is 4.74 Å². The fourth-order valence-electron chi connectivity index (χ4n) is 2.23. The number of aromatic nitrogens is 1. The molecule has 5 heteroatoms. The number of ether oxygens (including phenoxy) is 1. The first-order chi connectivity index (χ1) is 9.85. The van der Waals surface area contributed by atoms with Crippen molar-refractivity contribution in [2.45, 2.75) is 32.4 Å². The zero-order valence-corrected chi connectivity index (χ0v) is 12.4. The van der Waals surface area contributed by atoms with Gasteiger partial charge >= 0.3 is 5.97 Å². The minimum Gasteiger partial charge on any atom is -0.478 e. The van der Waals surface area contributed by atoms with E-state index in [9.17, 15) is 14.7 Å². The van der Waals surface area contributed by atoms with Crippen LogP contribution in [0, 0.1) is 0 Å². The number of fused-ring (bicyclic) bond motifs is 1. The number of carboxylic acids is 1. The van der Waals surface area contributed by atoms with Crippen LogP contribution in [0.4, 0.5) is 0 Å². The summed E-state index contributed by atoms with van der Waals surface area (Å²) in [6, 6.07) is 8.23. The topological polar surface area (TPSA) is 68.5 Å². The van der Waals surface area contributed by atoms with E-state index in [1.54, 1.807) is 35.9 Å². The van der Waals surface area contributed by atoms with E-state index in [2.05, 4.69) is 0 Å². The molecule has 0 aliphatic carbocycles. The number of benzene rings is 1. The Bertz CT molecular complexity index is 731. The maximum atomic E-state index is 12.2. The quantitative estimate of drug-likeness (QED) is 0.918. The first-order valence-electron chi connectivity index (χ1n) is 6.77. The molecule has 0 fully saturated rings. The number of pyridine rings is 1. The molecule has 0 radical (unpaired) electrons. The average Bonchev–Trinajstić information content (AvgIpc) is 2.45. The Hall–Kier alpha value is -2.14. The molecule has 0 atom stereocenters. The van der Waals surface area contributed by atoms with Gasteiger partial charge in [0.15, 0.2) is 0 Å². The van der Waals surface area contributed by atoms with Crippen molar-refractivity contribution >= 4 is 16.9 Å². The van der Waals surface area contributed by atoms with Crippen molar-refractivity contribution < 1.29 is 14.6 Å². The largest absolute Gasteiger partial charge is 0.478 e. The summed E-state index contributed by atoms with van der Waals surface area (Å²) in [6.07, 6.45) is 0.653. The Labute approximate surface area is 122 Å². The monoisotopic (exact) mass is 289 g/mol. The summed E-state index contributed by atoms with van der Waals surface area (Å²) < 4.78 is 6.96. The zero-order chi connectivity index (χ0) is 15.6. The molecule has 112 valence electrons. The van der Waals surface area contributed by atoms with Crippen LogP contribution < -0.4 is 5.56 Å². The lowest BCUT2D eigenvalue weighted by atomic mass is 10.0. The highest BCUT2D eigenvalue weighted by Crippen LogP contribution is 2.19. The van der Waals surface area contributed by atoms with Gasteiger partial charge in [0.1, 0.15) is 0 Å². The van der Waals surface area contributed by atoms with Crippen molar-refractivity contribution in [1.82, 2.24) is 4.57 Å². The molecular weight excluding hydrogens is 270 g/mol. The molecular formula is C16H19NO4. The van der Waals surface area contributed by atoms with Crippen molar-refractivity contribution in [3.63, 3.8) is 0 Å². The van der Waals surface area contributed by atoms with Gasteiger partial charge in [-0.2, -0.15) is 0 Å². The predicted molar refractivity (Wildman–Crippen MR) is 80.9 cm³/mol. The molecule has 2 aromatic rings. The van der Waals surface area contributed by atoms with Crippen molar-refractivity contribution in [2.24, 2.45) is 0 Å². The second kappa shape index (κ2) is 5.69. The minimum atomic E-state index is -1.09. The molecule has 1 aromatic heterocycles. The standard InChI is InChI=1S/C16H19NO4/c1-16(2,21-3)8-9-17-13-7-5-4-6-11(13)12(15(19)20)10-14(17)18/h4-7,10H,8-9H2,1-3H3,(H,19,20). The van der Waals surface area contributed by atoms with Crippen LogP contribution in [-0.4, -0.2) is 28.4 Å². The smallest absolute Gasteiger partial charge is 0.336 e. The predicted octanol–water partition coefficient (Wildman–Crippen LogP) is 2.51. The summed E-state index contributed by atoms with van der Waals surface area (Å²) in [5.41, 5.74) is 0.0246. The van der Waals surface area contributed by atoms with Crippen molar-refractivity contribution in [1.29, 1.82) is 0 Å². The molecule has 0 spiro atoms. The third kappa shape index (κ3) is 3.13. The van der Waals surface area contributed by atoms with Crippen LogP contribution in [0.1, 0.15) is 30.6 Å². The van der Waals surface area contributed by atoms with E-state index < -0.39 is 5.97 Å². The van der Waals surface area contributed by atoms with Gasteiger partial charge in [-0.3, -0.25) is 4.79 Å². The van der Waals surface area contributed by atoms with Gasteiger partial charge in [-0.25, -0.2) is 4.79 Å². The number of hydrogen-bond acceptors (Lipinski definition) is 3. The van der Waals surface area contributed by atoms with Crippen LogP contribution in [0.3, 0.4) is 0 Å². The lowest BCUT2D eigenvalue weighted by molar-refractivity contribution is 0.0121. The van der Waals surface area contributed by atoms with E-state index in [0.717, 1.165) is 0 Å². The molecule has 1 heterocycles. The number of para-hydroxylation sites is 1. The summed E-state index contributed by atoms with van der Waals surface area (Å²) >= 11 is 0. The van der Waals surface area contributed by atoms with Gasteiger partial charge in [0.25, 0.3) is 5.56 Å². The summed E-state index contributed by atoms with van der Waals surface area (Å²) in [7, 11) is 1.63. The molecule has 2 rings (SSSR count). The normalized spacial score (nSPS) is 11.8. The molecule has 1 N–H and O–H groups in total. The Morgan fingerprint density at radius 2 is 2.00 bits per heavy atom. The highest BCUT2D eigenvalue weighted by molar-refractivity contribution is 6.02. The Kier molecular flexibility index (Phi) is 4.14. The van der Waals surface area contributed by atoms with Gasteiger partial charge in [0, 0.05) is 25.1 Å². The van der Waals surface area contributed by atoms with E-state index in [-0.39, 0.29) is 16.7 Å². The number of methoxy groups -OCH3 is 1. The summed E-state index contributed by atoms with van der Waals surface area (Å²) in [5, 5.41) is 9.80. The van der Waals surface area contributed by atoms with Gasteiger partial charge in [-0.15, -0.1) is 0 Å². The molecule has 1 aromatic carbocycles. The number of nitrogens with zero attached hydrogens (tertiary/aromatic N) is 1. The third-order valence-electron chi connectivity index (χ3n) is 3.74. The number of carboxylic acid groups (broad SMARTS) is 1. The Morgan fingerprint density at radius 3 is 2.62 bits per heavy atom. The molecule has 0 saturated heterocycles. The fourth-order valence-corrected chi connectivity index (χ4v) is 2.23. The molecule has 0 bridgehead atoms. The average molecular weight is 289 g/mol. The van der Waals surface area contributed by atoms with Crippen LogP contribution >= 0.6 is 0 Å². The maximum absolute atomic E-state index is 12.2. The highest BCUT2D eigenvalue weighted by atomic mass is 16.5. The lowest BCUT2D eigenvalue weighted by Gasteiger charge is -2.23. The van der Waals surface area contributed by atoms with Crippen molar-refractivity contribution in [3.05, 3.63) is 46.2 Å². The van der Waals surface area contributed by atoms with Gasteiger partial charge in [-0.1, -0.05) is 18.2 Å². The van der Waals surface area contributed by atoms with Gasteiger partial charge in [0.2, 0.25) is 0 Å². The van der Waals surface area contributed by atoms with Gasteiger partial charge in [0.05, 0.1) is 16.7 Å². The Balaban J connectivity index is 2.55. The number of aryl methyl sites for hydroxylation is 1. The summed E-state index contributed by atoms with van der Waals surface area (Å²) in [6.45, 7) is 4.37. The molecule has 0 saturated carbocycles. The van der Waals surface area contributed by atoms with Gasteiger partial charge in [-0.05, 0) is 26.3 Å². The molecule has 21 heavy (non-hydrogen) atoms. The lowest BCUT2D eigenvalue weighted by Crippen LogP contribution is -2.29. The first-order valence-corrected chi connectivity index (χ1v) is 6.77. The number of carbonyl (C=O) groups is 1. The third-order valence-corrected chi connectivity index (χ3v) is 3.74. The van der Waals surface area contributed by atoms with E-state index in [0.29, 0.717) is 23.9 Å². The second-order valence-corrected chi connectivity index (χ2v) is 5.58. The SMILES string of the molecule is COC(C)(C)CCn1c(=O)cc(C(=O)O)c2ccccc21. The van der Waals surface area contributed by atoms with E-state index >= 15 is 0 Å². The number of rotatable bonds is 5. The number of aromatic carboxylic acids is 1. The zero-order valence-electron chi connectivity index (χ0n) is 12.4. The highest BCUT2D eigenvalue weighted by Gasteiger charge is 2.18. The summed E-state index contributed by atoms with van der Waals surface area (Å²) in [4.78, 5) is 23.5. The van der Waals surface area contributed by atoms with E-state index in [1.807, 2.05) is 13.8 Å². The van der Waals surface area contributed by atoms with Crippen LogP contribution in [0.2, 0.25) is 0 Å². The number of hydrogen-bond donors (Lipinski definition) is 1. The summed E-state index contributed by atoms with van der Waals surface area (Å²) in [5.74, 6) is -1.09. The second-order valence-electron chi connectivity index (χ2n) is 5.58.